The third-order valence-electron chi connectivity index (χ3n) is 3.05. The van der Waals surface area contributed by atoms with Crippen LogP contribution in [0.2, 0.25) is 0 Å². The van der Waals surface area contributed by atoms with Gasteiger partial charge in [0.25, 0.3) is 0 Å². The van der Waals surface area contributed by atoms with Crippen LogP contribution in [-0.2, 0) is 11.3 Å². The first-order valence-corrected chi connectivity index (χ1v) is 5.34. The third-order valence-corrected chi connectivity index (χ3v) is 3.05. The van der Waals surface area contributed by atoms with Crippen molar-refractivity contribution in [3.8, 4) is 0 Å². The van der Waals surface area contributed by atoms with E-state index in [9.17, 15) is 4.79 Å². The van der Waals surface area contributed by atoms with Crippen molar-refractivity contribution in [2.75, 3.05) is 13.1 Å². The lowest BCUT2D eigenvalue weighted by molar-refractivity contribution is -0.520. The van der Waals surface area contributed by atoms with Gasteiger partial charge in [-0.1, -0.05) is 0 Å². The van der Waals surface area contributed by atoms with Crippen LogP contribution in [0.25, 0.3) is 0 Å². The molecule has 0 bridgehead atoms. The molecule has 1 aromatic rings. The first kappa shape index (κ1) is 13.2. The van der Waals surface area contributed by atoms with E-state index in [1.807, 2.05) is 0 Å². The second-order valence-corrected chi connectivity index (χ2v) is 4.22. The summed E-state index contributed by atoms with van der Waals surface area (Å²) in [6, 6.07) is 4.27. The van der Waals surface area contributed by atoms with Gasteiger partial charge in [0.2, 0.25) is 6.54 Å². The molecule has 1 aliphatic rings. The van der Waals surface area contributed by atoms with Crippen LogP contribution >= 0.6 is 0 Å². The smallest absolute Gasteiger partial charge is 0.201 e. The maximum Gasteiger partial charge on any atom is 0.201 e. The SMILES string of the molecule is CC(=O)C[N+]1=C(C)c2ccc(C)n2CC1.[Br-]. The van der Waals surface area contributed by atoms with Gasteiger partial charge < -0.3 is 21.5 Å². The van der Waals surface area contributed by atoms with Crippen LogP contribution < -0.4 is 17.0 Å². The average molecular weight is 285 g/mol. The van der Waals surface area contributed by atoms with E-state index < -0.39 is 0 Å². The second-order valence-electron chi connectivity index (χ2n) is 4.22. The summed E-state index contributed by atoms with van der Waals surface area (Å²) in [5.74, 6) is 0.228. The van der Waals surface area contributed by atoms with Crippen LogP contribution in [0.4, 0.5) is 0 Å². The second kappa shape index (κ2) is 4.95. The molecule has 16 heavy (non-hydrogen) atoms. The number of carbonyl (C=O) groups is 1. The minimum absolute atomic E-state index is 0. The Kier molecular flexibility index (Phi) is 4.08. The van der Waals surface area contributed by atoms with Gasteiger partial charge in [-0.15, -0.1) is 0 Å². The molecule has 2 heterocycles. The maximum atomic E-state index is 11.1. The number of nitrogens with zero attached hydrogens (tertiary/aromatic N) is 2. The van der Waals surface area contributed by atoms with Crippen molar-refractivity contribution in [2.24, 2.45) is 0 Å². The van der Waals surface area contributed by atoms with Crippen molar-refractivity contribution in [1.82, 2.24) is 4.57 Å². The maximum absolute atomic E-state index is 11.1. The van der Waals surface area contributed by atoms with Crippen LogP contribution in [0.1, 0.15) is 25.2 Å². The highest BCUT2D eigenvalue weighted by atomic mass is 79.9. The van der Waals surface area contributed by atoms with Crippen LogP contribution in [0.3, 0.4) is 0 Å². The molecule has 0 unspecified atom stereocenters. The zero-order chi connectivity index (χ0) is 11.0. The highest BCUT2D eigenvalue weighted by molar-refractivity contribution is 5.94. The number of hydrogen-bond acceptors (Lipinski definition) is 1. The van der Waals surface area contributed by atoms with Gasteiger partial charge in [-0.2, -0.15) is 0 Å². The Morgan fingerprint density at radius 2 is 2.12 bits per heavy atom. The van der Waals surface area contributed by atoms with Crippen LogP contribution in [0, 0.1) is 6.92 Å². The van der Waals surface area contributed by atoms with Crippen molar-refractivity contribution in [1.29, 1.82) is 0 Å². The Morgan fingerprint density at radius 3 is 2.75 bits per heavy atom. The van der Waals surface area contributed by atoms with Crippen molar-refractivity contribution in [3.63, 3.8) is 0 Å². The third kappa shape index (κ3) is 2.26. The minimum Gasteiger partial charge on any atom is -1.00 e. The largest absolute Gasteiger partial charge is 1.00 e. The molecule has 4 heteroatoms. The summed E-state index contributed by atoms with van der Waals surface area (Å²) in [5, 5.41) is 0. The van der Waals surface area contributed by atoms with Crippen LogP contribution in [-0.4, -0.2) is 33.7 Å². The van der Waals surface area contributed by atoms with E-state index in [-0.39, 0.29) is 22.8 Å². The lowest BCUT2D eigenvalue weighted by atomic mass is 10.2. The fourth-order valence-corrected chi connectivity index (χ4v) is 2.20. The number of rotatable bonds is 2. The summed E-state index contributed by atoms with van der Waals surface area (Å²) in [7, 11) is 0. The summed E-state index contributed by atoms with van der Waals surface area (Å²) < 4.78 is 4.48. The van der Waals surface area contributed by atoms with E-state index >= 15 is 0 Å². The van der Waals surface area contributed by atoms with Gasteiger partial charge in [0.1, 0.15) is 5.69 Å². The molecule has 0 aromatic carbocycles. The van der Waals surface area contributed by atoms with Gasteiger partial charge >= 0.3 is 0 Å². The summed E-state index contributed by atoms with van der Waals surface area (Å²) in [4.78, 5) is 11.1. The number of Topliss-reactive ketones (excluding diaryl/α,β-unsaturated/α-hetero) is 1. The standard InChI is InChI=1S/C12H17N2O.BrH/c1-9-4-5-12-11(3)13(8-10(2)15)6-7-14(9)12;/h4-5H,6-8H2,1-3H3;1H/q+1;/p-1. The van der Waals surface area contributed by atoms with Crippen molar-refractivity contribution in [3.05, 3.63) is 23.5 Å². The molecule has 0 saturated carbocycles. The lowest BCUT2D eigenvalue weighted by Gasteiger charge is -2.16. The topological polar surface area (TPSA) is 25.0 Å². The number of aryl methyl sites for hydroxylation is 1. The molecule has 0 atom stereocenters. The average Bonchev–Trinajstić information content (AvgIpc) is 2.53. The number of aromatic nitrogens is 1. The Labute approximate surface area is 107 Å². The number of carbonyl (C=O) groups excluding carboxylic acids is 1. The highest BCUT2D eigenvalue weighted by Crippen LogP contribution is 2.13. The molecular weight excluding hydrogens is 268 g/mol. The number of fused-ring (bicyclic) bond motifs is 1. The summed E-state index contributed by atoms with van der Waals surface area (Å²) in [5.41, 5.74) is 3.76. The van der Waals surface area contributed by atoms with E-state index in [0.717, 1.165) is 13.1 Å². The van der Waals surface area contributed by atoms with Gasteiger partial charge in [0.15, 0.2) is 18.0 Å². The minimum atomic E-state index is 0. The Bertz CT molecular complexity index is 446. The molecular formula is C12H17BrN2O. The quantitative estimate of drug-likeness (QED) is 0.590. The molecule has 0 radical (unpaired) electrons. The van der Waals surface area contributed by atoms with E-state index in [4.69, 9.17) is 0 Å². The zero-order valence-corrected chi connectivity index (χ0v) is 11.5. The molecule has 0 fully saturated rings. The lowest BCUT2D eigenvalue weighted by Crippen LogP contribution is -3.00. The predicted octanol–water partition coefficient (Wildman–Crippen LogP) is -1.78. The van der Waals surface area contributed by atoms with Crippen molar-refractivity contribution < 1.29 is 26.4 Å². The fourth-order valence-electron chi connectivity index (χ4n) is 2.20. The molecule has 3 nitrogen and oxygen atoms in total. The Morgan fingerprint density at radius 1 is 1.44 bits per heavy atom. The summed E-state index contributed by atoms with van der Waals surface area (Å²) in [6.07, 6.45) is 0. The first-order valence-electron chi connectivity index (χ1n) is 5.34. The number of hydrogen-bond donors (Lipinski definition) is 0. The van der Waals surface area contributed by atoms with Gasteiger partial charge in [0, 0.05) is 19.5 Å². The van der Waals surface area contributed by atoms with Crippen LogP contribution in [0.15, 0.2) is 12.1 Å². The molecule has 0 aliphatic carbocycles. The zero-order valence-electron chi connectivity index (χ0n) is 9.96. The van der Waals surface area contributed by atoms with Gasteiger partial charge in [-0.25, -0.2) is 4.58 Å². The fraction of sp³-hybridized carbons (Fsp3) is 0.500. The Balaban J connectivity index is 0.00000128. The normalized spacial score (nSPS) is 14.4. The van der Waals surface area contributed by atoms with Gasteiger partial charge in [-0.05, 0) is 19.1 Å². The molecule has 1 aliphatic heterocycles. The highest BCUT2D eigenvalue weighted by Gasteiger charge is 2.23. The molecule has 88 valence electrons. The molecule has 2 rings (SSSR count). The first-order chi connectivity index (χ1) is 7.09. The van der Waals surface area contributed by atoms with E-state index in [1.54, 1.807) is 6.92 Å². The molecule has 0 spiro atoms. The van der Waals surface area contributed by atoms with Gasteiger partial charge in [-0.3, -0.25) is 4.79 Å². The molecule has 1 aromatic heterocycles. The predicted molar refractivity (Wildman–Crippen MR) is 59.6 cm³/mol. The Hall–Kier alpha value is -0.900. The van der Waals surface area contributed by atoms with Gasteiger partial charge in [0.05, 0.1) is 6.54 Å². The monoisotopic (exact) mass is 284 g/mol. The number of ketones is 1. The van der Waals surface area contributed by atoms with Crippen molar-refractivity contribution >= 4 is 11.5 Å². The van der Waals surface area contributed by atoms with Crippen LogP contribution in [0.5, 0.6) is 0 Å². The summed E-state index contributed by atoms with van der Waals surface area (Å²) >= 11 is 0. The molecule has 0 amide bonds. The van der Waals surface area contributed by atoms with E-state index in [1.165, 1.54) is 17.1 Å². The molecule has 0 N–H and O–H groups in total. The number of halogens is 1. The van der Waals surface area contributed by atoms with E-state index in [2.05, 4.69) is 35.1 Å². The van der Waals surface area contributed by atoms with E-state index in [0.29, 0.717) is 6.54 Å². The van der Waals surface area contributed by atoms with Crippen molar-refractivity contribution in [2.45, 2.75) is 27.3 Å². The molecule has 0 saturated heterocycles. The summed E-state index contributed by atoms with van der Waals surface area (Å²) in [6.45, 7) is 8.32.